The first-order chi connectivity index (χ1) is 15.1. The summed E-state index contributed by atoms with van der Waals surface area (Å²) in [5, 5.41) is 3.67. The summed E-state index contributed by atoms with van der Waals surface area (Å²) in [7, 11) is 0. The Morgan fingerprint density at radius 2 is 1.87 bits per heavy atom. The smallest absolute Gasteiger partial charge is 0.411 e. The van der Waals surface area contributed by atoms with Crippen LogP contribution in [0.15, 0.2) is 63.7 Å². The first-order valence-corrected chi connectivity index (χ1v) is 11.3. The third-order valence-electron chi connectivity index (χ3n) is 5.65. The third kappa shape index (κ3) is 5.54. The van der Waals surface area contributed by atoms with Gasteiger partial charge >= 0.3 is 6.09 Å². The van der Waals surface area contributed by atoms with E-state index in [9.17, 15) is 9.59 Å². The summed E-state index contributed by atoms with van der Waals surface area (Å²) in [6.07, 6.45) is 3.59. The monoisotopic (exact) mass is 484 g/mol. The maximum absolute atomic E-state index is 12.7. The molecule has 1 saturated heterocycles. The molecule has 0 aliphatic carbocycles. The molecule has 2 heterocycles. The molecular formula is C24H25BrN2O4. The van der Waals surface area contributed by atoms with Gasteiger partial charge in [-0.05, 0) is 56.6 Å². The highest BCUT2D eigenvalue weighted by Crippen LogP contribution is 2.25. The van der Waals surface area contributed by atoms with Crippen molar-refractivity contribution < 1.29 is 18.7 Å². The van der Waals surface area contributed by atoms with Crippen molar-refractivity contribution in [1.29, 1.82) is 0 Å². The SMILES string of the molecule is O=C(Nc1cccc2ccoc12)OCCCN1CCC(C(=O)c2ccc(Br)cc2)CC1. The first kappa shape index (κ1) is 21.6. The van der Waals surface area contributed by atoms with Crippen molar-refractivity contribution in [3.63, 3.8) is 0 Å². The highest BCUT2D eigenvalue weighted by molar-refractivity contribution is 9.10. The number of nitrogens with zero attached hydrogens (tertiary/aromatic N) is 1. The van der Waals surface area contributed by atoms with Crippen molar-refractivity contribution in [2.45, 2.75) is 19.3 Å². The van der Waals surface area contributed by atoms with E-state index in [0.29, 0.717) is 17.9 Å². The molecule has 4 rings (SSSR count). The van der Waals surface area contributed by atoms with Crippen molar-refractivity contribution in [3.05, 3.63) is 64.8 Å². The highest BCUT2D eigenvalue weighted by Gasteiger charge is 2.25. The maximum atomic E-state index is 12.7. The minimum atomic E-state index is -0.484. The average Bonchev–Trinajstić information content (AvgIpc) is 3.27. The molecule has 1 aromatic heterocycles. The van der Waals surface area contributed by atoms with Crippen LogP contribution in [0.5, 0.6) is 0 Å². The number of fused-ring (bicyclic) bond motifs is 1. The molecule has 0 bridgehead atoms. The van der Waals surface area contributed by atoms with Crippen LogP contribution in [0.1, 0.15) is 29.6 Å². The molecule has 0 spiro atoms. The Morgan fingerprint density at radius 1 is 1.10 bits per heavy atom. The van der Waals surface area contributed by atoms with Gasteiger partial charge in [0.2, 0.25) is 0 Å². The number of nitrogens with one attached hydrogen (secondary N) is 1. The predicted molar refractivity (Wildman–Crippen MR) is 123 cm³/mol. The molecule has 1 aliphatic heterocycles. The van der Waals surface area contributed by atoms with Crippen molar-refractivity contribution in [2.75, 3.05) is 31.6 Å². The molecule has 3 aromatic rings. The molecule has 2 aromatic carbocycles. The molecule has 0 atom stereocenters. The number of carbonyl (C=O) groups is 2. The fourth-order valence-electron chi connectivity index (χ4n) is 3.96. The van der Waals surface area contributed by atoms with E-state index in [1.54, 1.807) is 12.3 Å². The number of amides is 1. The van der Waals surface area contributed by atoms with Crippen LogP contribution in [0.4, 0.5) is 10.5 Å². The van der Waals surface area contributed by atoms with Crippen LogP contribution in [0.2, 0.25) is 0 Å². The van der Waals surface area contributed by atoms with E-state index in [4.69, 9.17) is 9.15 Å². The Balaban J connectivity index is 1.15. The zero-order valence-corrected chi connectivity index (χ0v) is 18.8. The lowest BCUT2D eigenvalue weighted by molar-refractivity contribution is 0.0830. The molecule has 1 aliphatic rings. The number of ketones is 1. The lowest BCUT2D eigenvalue weighted by Crippen LogP contribution is -2.37. The van der Waals surface area contributed by atoms with E-state index in [1.807, 2.05) is 42.5 Å². The average molecular weight is 485 g/mol. The Labute approximate surface area is 189 Å². The van der Waals surface area contributed by atoms with E-state index in [1.165, 1.54) is 0 Å². The number of ether oxygens (including phenoxy) is 1. The zero-order chi connectivity index (χ0) is 21.6. The fourth-order valence-corrected chi connectivity index (χ4v) is 4.22. The van der Waals surface area contributed by atoms with Crippen LogP contribution in [0.25, 0.3) is 11.0 Å². The van der Waals surface area contributed by atoms with Gasteiger partial charge in [0, 0.05) is 27.9 Å². The van der Waals surface area contributed by atoms with Gasteiger partial charge in [0.15, 0.2) is 11.4 Å². The second kappa shape index (κ2) is 10.1. The topological polar surface area (TPSA) is 71.8 Å². The van der Waals surface area contributed by atoms with Gasteiger partial charge in [0.25, 0.3) is 0 Å². The molecule has 1 fully saturated rings. The van der Waals surface area contributed by atoms with Gasteiger partial charge in [-0.1, -0.05) is 40.2 Å². The second-order valence-corrected chi connectivity index (χ2v) is 8.66. The number of piperidine rings is 1. The molecule has 0 unspecified atom stereocenters. The van der Waals surface area contributed by atoms with Crippen molar-refractivity contribution >= 4 is 44.5 Å². The van der Waals surface area contributed by atoms with Crippen molar-refractivity contribution in [3.8, 4) is 0 Å². The van der Waals surface area contributed by atoms with Crippen molar-refractivity contribution in [1.82, 2.24) is 4.90 Å². The van der Waals surface area contributed by atoms with Gasteiger partial charge in [-0.15, -0.1) is 0 Å². The summed E-state index contributed by atoms with van der Waals surface area (Å²) in [6.45, 7) is 2.97. The Kier molecular flexibility index (Phi) is 7.04. The van der Waals surface area contributed by atoms with Crippen molar-refractivity contribution in [2.24, 2.45) is 5.92 Å². The fraction of sp³-hybridized carbons (Fsp3) is 0.333. The molecule has 6 nitrogen and oxygen atoms in total. The third-order valence-corrected chi connectivity index (χ3v) is 6.18. The van der Waals surface area contributed by atoms with Gasteiger partial charge in [0.1, 0.15) is 0 Å². The Morgan fingerprint density at radius 3 is 2.65 bits per heavy atom. The number of anilines is 1. The summed E-state index contributed by atoms with van der Waals surface area (Å²) in [4.78, 5) is 27.1. The molecule has 1 amide bonds. The highest BCUT2D eigenvalue weighted by atomic mass is 79.9. The number of Topliss-reactive ketones (excluding diaryl/α,β-unsaturated/α-hetero) is 1. The number of halogens is 1. The summed E-state index contributed by atoms with van der Waals surface area (Å²) in [6, 6.07) is 15.0. The van der Waals surface area contributed by atoms with Gasteiger partial charge in [-0.2, -0.15) is 0 Å². The summed E-state index contributed by atoms with van der Waals surface area (Å²) >= 11 is 3.40. The Bertz CT molecular complexity index is 1040. The number of hydrogen-bond acceptors (Lipinski definition) is 5. The van der Waals surface area contributed by atoms with Crippen LogP contribution >= 0.6 is 15.9 Å². The minimum Gasteiger partial charge on any atom is -0.462 e. The summed E-state index contributed by atoms with van der Waals surface area (Å²) in [5.74, 6) is 0.322. The predicted octanol–water partition coefficient (Wildman–Crippen LogP) is 5.73. The lowest BCUT2D eigenvalue weighted by Gasteiger charge is -2.31. The van der Waals surface area contributed by atoms with Crippen LogP contribution in [-0.2, 0) is 4.74 Å². The van der Waals surface area contributed by atoms with E-state index in [2.05, 4.69) is 26.1 Å². The van der Waals surface area contributed by atoms with Gasteiger partial charge < -0.3 is 14.1 Å². The van der Waals surface area contributed by atoms with Crippen LogP contribution in [0, 0.1) is 5.92 Å². The molecule has 162 valence electrons. The van der Waals surface area contributed by atoms with Gasteiger partial charge in [-0.3, -0.25) is 10.1 Å². The van der Waals surface area contributed by atoms with E-state index in [0.717, 1.165) is 54.3 Å². The van der Waals surface area contributed by atoms with E-state index in [-0.39, 0.29) is 11.7 Å². The number of likely N-dealkylation sites (tertiary alicyclic amines) is 1. The number of benzene rings is 2. The number of furan rings is 1. The largest absolute Gasteiger partial charge is 0.462 e. The molecular weight excluding hydrogens is 460 g/mol. The quantitative estimate of drug-likeness (QED) is 0.342. The minimum absolute atomic E-state index is 0.0868. The second-order valence-electron chi connectivity index (χ2n) is 7.75. The van der Waals surface area contributed by atoms with Gasteiger partial charge in [0.05, 0.1) is 18.6 Å². The van der Waals surface area contributed by atoms with Crippen LogP contribution < -0.4 is 5.32 Å². The number of carbonyl (C=O) groups excluding carboxylic acids is 2. The zero-order valence-electron chi connectivity index (χ0n) is 17.2. The van der Waals surface area contributed by atoms with E-state index < -0.39 is 6.09 Å². The summed E-state index contributed by atoms with van der Waals surface area (Å²) < 4.78 is 11.7. The summed E-state index contributed by atoms with van der Waals surface area (Å²) in [5.41, 5.74) is 2.02. The molecule has 0 radical (unpaired) electrons. The molecule has 7 heteroatoms. The molecule has 1 N–H and O–H groups in total. The number of para-hydroxylation sites is 1. The van der Waals surface area contributed by atoms with Crippen LogP contribution in [-0.4, -0.2) is 43.0 Å². The molecule has 31 heavy (non-hydrogen) atoms. The Hall–Kier alpha value is -2.64. The lowest BCUT2D eigenvalue weighted by atomic mass is 9.89. The van der Waals surface area contributed by atoms with Crippen LogP contribution in [0.3, 0.4) is 0 Å². The first-order valence-electron chi connectivity index (χ1n) is 10.5. The normalized spacial score (nSPS) is 15.1. The number of hydrogen-bond donors (Lipinski definition) is 1. The standard InChI is InChI=1S/C24H25BrN2O4/c25-20-7-5-17(6-8-20)22(28)18-9-13-27(14-10-18)12-2-15-31-24(29)26-21-4-1-3-19-11-16-30-23(19)21/h1,3-8,11,16,18H,2,9-10,12-15H2,(H,26,29). The van der Waals surface area contributed by atoms with Gasteiger partial charge in [-0.25, -0.2) is 4.79 Å². The molecule has 0 saturated carbocycles. The maximum Gasteiger partial charge on any atom is 0.411 e. The number of rotatable bonds is 7. The van der Waals surface area contributed by atoms with E-state index >= 15 is 0 Å².